The lowest BCUT2D eigenvalue weighted by atomic mass is 9.94. The quantitative estimate of drug-likeness (QED) is 0.362. The van der Waals surface area contributed by atoms with Crippen molar-refractivity contribution in [2.24, 2.45) is 16.8 Å². The number of nitrogens with zero attached hydrogens (tertiary/aromatic N) is 2. The van der Waals surface area contributed by atoms with Crippen molar-refractivity contribution in [1.29, 1.82) is 0 Å². The van der Waals surface area contributed by atoms with Gasteiger partial charge in [-0.05, 0) is 24.0 Å². The van der Waals surface area contributed by atoms with E-state index >= 15 is 0 Å². The first-order valence-electron chi connectivity index (χ1n) is 6.00. The number of para-hydroxylation sites is 1. The van der Waals surface area contributed by atoms with Gasteiger partial charge in [0.15, 0.2) is 0 Å². The maximum absolute atomic E-state index is 8.56. The molecule has 2 rings (SSSR count). The van der Waals surface area contributed by atoms with Crippen LogP contribution in [0.4, 0.5) is 5.69 Å². The Morgan fingerprint density at radius 1 is 1.53 bits per heavy atom. The second-order valence-electron chi connectivity index (χ2n) is 4.73. The Bertz CT molecular complexity index is 417. The standard InChI is InChI=1S/C13H19N3O/c1-10-8-11-4-2-3-5-12(11)16(9-10)7-6-13(14)15-17/h2-5,10,17H,6-9H2,1H3,(H2,14,15). The summed E-state index contributed by atoms with van der Waals surface area (Å²) in [5.74, 6) is 0.942. The maximum atomic E-state index is 8.56. The van der Waals surface area contributed by atoms with Gasteiger partial charge < -0.3 is 15.8 Å². The number of nitrogens with two attached hydrogens (primary N) is 1. The second kappa shape index (κ2) is 5.08. The molecule has 0 spiro atoms. The highest BCUT2D eigenvalue weighted by Gasteiger charge is 2.20. The van der Waals surface area contributed by atoms with Crippen LogP contribution in [0, 0.1) is 5.92 Å². The van der Waals surface area contributed by atoms with Gasteiger partial charge in [-0.2, -0.15) is 0 Å². The Hall–Kier alpha value is -1.71. The fourth-order valence-electron chi connectivity index (χ4n) is 2.42. The van der Waals surface area contributed by atoms with Gasteiger partial charge in [-0.15, -0.1) is 0 Å². The zero-order chi connectivity index (χ0) is 12.3. The zero-order valence-corrected chi connectivity index (χ0v) is 10.1. The SMILES string of the molecule is CC1Cc2ccccc2N(CCC(N)=NO)C1. The van der Waals surface area contributed by atoms with Gasteiger partial charge in [-0.3, -0.25) is 0 Å². The monoisotopic (exact) mass is 233 g/mol. The van der Waals surface area contributed by atoms with E-state index in [4.69, 9.17) is 10.9 Å². The fraction of sp³-hybridized carbons (Fsp3) is 0.462. The first-order valence-corrected chi connectivity index (χ1v) is 6.00. The molecular weight excluding hydrogens is 214 g/mol. The van der Waals surface area contributed by atoms with Crippen LogP contribution in [0.3, 0.4) is 0 Å². The molecule has 0 saturated heterocycles. The molecule has 1 aromatic rings. The van der Waals surface area contributed by atoms with Crippen LogP contribution in [0.15, 0.2) is 29.4 Å². The minimum atomic E-state index is 0.292. The molecule has 0 bridgehead atoms. The summed E-state index contributed by atoms with van der Waals surface area (Å²) in [5.41, 5.74) is 8.20. The summed E-state index contributed by atoms with van der Waals surface area (Å²) in [4.78, 5) is 2.32. The largest absolute Gasteiger partial charge is 0.409 e. The molecule has 4 heteroatoms. The van der Waals surface area contributed by atoms with Gasteiger partial charge in [-0.1, -0.05) is 30.3 Å². The van der Waals surface area contributed by atoms with Gasteiger partial charge in [-0.25, -0.2) is 0 Å². The number of hydrogen-bond donors (Lipinski definition) is 2. The molecule has 1 unspecified atom stereocenters. The third kappa shape index (κ3) is 2.70. The van der Waals surface area contributed by atoms with E-state index in [0.717, 1.165) is 19.5 Å². The highest BCUT2D eigenvalue weighted by atomic mass is 16.4. The van der Waals surface area contributed by atoms with Gasteiger partial charge in [0.05, 0.1) is 0 Å². The van der Waals surface area contributed by atoms with E-state index in [9.17, 15) is 0 Å². The molecule has 1 aromatic carbocycles. The minimum Gasteiger partial charge on any atom is -0.409 e. The molecular formula is C13H19N3O. The van der Waals surface area contributed by atoms with E-state index in [1.165, 1.54) is 11.3 Å². The van der Waals surface area contributed by atoms with E-state index in [2.05, 4.69) is 41.2 Å². The van der Waals surface area contributed by atoms with Gasteiger partial charge in [0, 0.05) is 25.2 Å². The lowest BCUT2D eigenvalue weighted by Crippen LogP contribution is -2.36. The molecule has 1 aliphatic heterocycles. The number of rotatable bonds is 3. The number of fused-ring (bicyclic) bond motifs is 1. The third-order valence-corrected chi connectivity index (χ3v) is 3.20. The van der Waals surface area contributed by atoms with Crippen molar-refractivity contribution in [3.8, 4) is 0 Å². The predicted octanol–water partition coefficient (Wildman–Crippen LogP) is 1.82. The fourth-order valence-corrected chi connectivity index (χ4v) is 2.42. The topological polar surface area (TPSA) is 61.8 Å². The first kappa shape index (κ1) is 11.8. The smallest absolute Gasteiger partial charge is 0.140 e. The molecule has 0 amide bonds. The van der Waals surface area contributed by atoms with Crippen LogP contribution in [-0.4, -0.2) is 24.1 Å². The molecule has 17 heavy (non-hydrogen) atoms. The van der Waals surface area contributed by atoms with Crippen LogP contribution >= 0.6 is 0 Å². The summed E-state index contributed by atoms with van der Waals surface area (Å²) in [7, 11) is 0. The van der Waals surface area contributed by atoms with E-state index in [1.807, 2.05) is 0 Å². The minimum absolute atomic E-state index is 0.292. The molecule has 92 valence electrons. The van der Waals surface area contributed by atoms with Crippen LogP contribution in [0.1, 0.15) is 18.9 Å². The van der Waals surface area contributed by atoms with Crippen LogP contribution in [-0.2, 0) is 6.42 Å². The summed E-state index contributed by atoms with van der Waals surface area (Å²) in [6.45, 7) is 4.10. The Labute approximate surface area is 102 Å². The summed E-state index contributed by atoms with van der Waals surface area (Å²) in [6.07, 6.45) is 1.73. The van der Waals surface area contributed by atoms with Gasteiger partial charge >= 0.3 is 0 Å². The predicted molar refractivity (Wildman–Crippen MR) is 69.5 cm³/mol. The van der Waals surface area contributed by atoms with E-state index in [0.29, 0.717) is 18.2 Å². The van der Waals surface area contributed by atoms with E-state index in [-0.39, 0.29) is 0 Å². The maximum Gasteiger partial charge on any atom is 0.140 e. The van der Waals surface area contributed by atoms with Crippen LogP contribution in [0.25, 0.3) is 0 Å². The molecule has 0 saturated carbocycles. The molecule has 1 aliphatic rings. The molecule has 1 atom stereocenters. The van der Waals surface area contributed by atoms with Crippen molar-refractivity contribution in [2.75, 3.05) is 18.0 Å². The summed E-state index contributed by atoms with van der Waals surface area (Å²) in [6, 6.07) is 8.47. The molecule has 0 radical (unpaired) electrons. The van der Waals surface area contributed by atoms with Crippen molar-refractivity contribution in [2.45, 2.75) is 19.8 Å². The number of anilines is 1. The van der Waals surface area contributed by atoms with Gasteiger partial charge in [0.25, 0.3) is 0 Å². The number of oxime groups is 1. The van der Waals surface area contributed by atoms with Crippen LogP contribution < -0.4 is 10.6 Å². The summed E-state index contributed by atoms with van der Waals surface area (Å²) < 4.78 is 0. The van der Waals surface area contributed by atoms with E-state index in [1.54, 1.807) is 0 Å². The van der Waals surface area contributed by atoms with Crippen molar-refractivity contribution in [3.05, 3.63) is 29.8 Å². The van der Waals surface area contributed by atoms with Crippen molar-refractivity contribution in [3.63, 3.8) is 0 Å². The molecule has 0 aromatic heterocycles. The van der Waals surface area contributed by atoms with Crippen molar-refractivity contribution in [1.82, 2.24) is 0 Å². The summed E-state index contributed by atoms with van der Waals surface area (Å²) >= 11 is 0. The Morgan fingerprint density at radius 3 is 3.06 bits per heavy atom. The Balaban J connectivity index is 2.12. The number of amidine groups is 1. The van der Waals surface area contributed by atoms with Crippen molar-refractivity contribution < 1.29 is 5.21 Å². The summed E-state index contributed by atoms with van der Waals surface area (Å²) in [5, 5.41) is 11.6. The zero-order valence-electron chi connectivity index (χ0n) is 10.1. The Kier molecular flexibility index (Phi) is 3.52. The highest BCUT2D eigenvalue weighted by Crippen LogP contribution is 2.29. The molecule has 3 N–H and O–H groups in total. The van der Waals surface area contributed by atoms with E-state index < -0.39 is 0 Å². The lowest BCUT2D eigenvalue weighted by Gasteiger charge is -2.34. The molecule has 0 fully saturated rings. The average molecular weight is 233 g/mol. The Morgan fingerprint density at radius 2 is 2.29 bits per heavy atom. The van der Waals surface area contributed by atoms with Crippen molar-refractivity contribution >= 4 is 11.5 Å². The number of hydrogen-bond acceptors (Lipinski definition) is 3. The third-order valence-electron chi connectivity index (χ3n) is 3.20. The molecule has 0 aliphatic carbocycles. The molecule has 1 heterocycles. The highest BCUT2D eigenvalue weighted by molar-refractivity contribution is 5.80. The second-order valence-corrected chi connectivity index (χ2v) is 4.73. The normalized spacial score (nSPS) is 20.2. The average Bonchev–Trinajstić information content (AvgIpc) is 2.35. The van der Waals surface area contributed by atoms with Crippen LogP contribution in [0.2, 0.25) is 0 Å². The molecule has 4 nitrogen and oxygen atoms in total. The lowest BCUT2D eigenvalue weighted by molar-refractivity contribution is 0.317. The number of benzene rings is 1. The van der Waals surface area contributed by atoms with Crippen LogP contribution in [0.5, 0.6) is 0 Å². The van der Waals surface area contributed by atoms with Gasteiger partial charge in [0.2, 0.25) is 0 Å². The van der Waals surface area contributed by atoms with Gasteiger partial charge in [0.1, 0.15) is 5.84 Å². The first-order chi connectivity index (χ1) is 8.20.